The third kappa shape index (κ3) is 1.84. The van der Waals surface area contributed by atoms with E-state index in [1.165, 1.54) is 12.3 Å². The fourth-order valence-corrected chi connectivity index (χ4v) is 2.23. The number of hydrogen-bond donors (Lipinski definition) is 1. The zero-order valence-electron chi connectivity index (χ0n) is 9.64. The van der Waals surface area contributed by atoms with Gasteiger partial charge in [0.2, 0.25) is 0 Å². The second-order valence-corrected chi connectivity index (χ2v) is 4.32. The lowest BCUT2D eigenvalue weighted by Crippen LogP contribution is -2.07. The third-order valence-electron chi connectivity index (χ3n) is 3.14. The molecule has 0 fully saturated rings. The summed E-state index contributed by atoms with van der Waals surface area (Å²) in [4.78, 5) is 4.05. The van der Waals surface area contributed by atoms with Crippen molar-refractivity contribution in [1.82, 2.24) is 4.98 Å². The van der Waals surface area contributed by atoms with Crippen LogP contribution in [0.3, 0.4) is 0 Å². The molecule has 4 heteroatoms. The highest BCUT2D eigenvalue weighted by atomic mass is 19.1. The number of aromatic nitrogens is 1. The summed E-state index contributed by atoms with van der Waals surface area (Å²) in [5, 5.41) is 9.49. The molecule has 1 aliphatic heterocycles. The van der Waals surface area contributed by atoms with Crippen molar-refractivity contribution >= 4 is 0 Å². The number of nitrogens with zero attached hydrogens (tertiary/aromatic N) is 1. The molecule has 92 valence electrons. The Labute approximate surface area is 104 Å². The van der Waals surface area contributed by atoms with E-state index in [0.29, 0.717) is 23.6 Å². The van der Waals surface area contributed by atoms with Gasteiger partial charge in [0.25, 0.3) is 0 Å². The highest BCUT2D eigenvalue weighted by molar-refractivity contribution is 5.45. The smallest absolute Gasteiger partial charge is 0.151 e. The number of hydrogen-bond acceptors (Lipinski definition) is 3. The number of ether oxygens (including phenoxy) is 1. The van der Waals surface area contributed by atoms with Gasteiger partial charge in [0, 0.05) is 24.0 Å². The largest absolute Gasteiger partial charge is 0.455 e. The first-order valence-corrected chi connectivity index (χ1v) is 5.80. The second kappa shape index (κ2) is 4.38. The van der Waals surface area contributed by atoms with Gasteiger partial charge in [-0.25, -0.2) is 4.39 Å². The molecule has 0 bridgehead atoms. The number of aliphatic hydroxyl groups excluding tert-OH is 1. The minimum absolute atomic E-state index is 0.0128. The van der Waals surface area contributed by atoms with Crippen molar-refractivity contribution in [1.29, 1.82) is 0 Å². The van der Waals surface area contributed by atoms with Crippen molar-refractivity contribution in [3.63, 3.8) is 0 Å². The van der Waals surface area contributed by atoms with Crippen molar-refractivity contribution in [2.75, 3.05) is 6.61 Å². The van der Waals surface area contributed by atoms with Crippen LogP contribution in [0.1, 0.15) is 17.2 Å². The first kappa shape index (κ1) is 11.2. The maximum atomic E-state index is 13.2. The van der Waals surface area contributed by atoms with Crippen LogP contribution in [-0.4, -0.2) is 16.7 Å². The van der Waals surface area contributed by atoms with Crippen LogP contribution in [0, 0.1) is 5.82 Å². The molecule has 0 spiro atoms. The van der Waals surface area contributed by atoms with Crippen molar-refractivity contribution in [3.8, 4) is 11.5 Å². The van der Waals surface area contributed by atoms with E-state index in [1.54, 1.807) is 0 Å². The van der Waals surface area contributed by atoms with Gasteiger partial charge in [-0.3, -0.25) is 4.98 Å². The van der Waals surface area contributed by atoms with Gasteiger partial charge >= 0.3 is 0 Å². The fourth-order valence-electron chi connectivity index (χ4n) is 2.23. The third-order valence-corrected chi connectivity index (χ3v) is 3.14. The first-order chi connectivity index (χ1) is 8.78. The Morgan fingerprint density at radius 1 is 1.33 bits per heavy atom. The molecule has 1 aromatic carbocycles. The van der Waals surface area contributed by atoms with E-state index in [0.717, 1.165) is 5.56 Å². The van der Waals surface area contributed by atoms with Gasteiger partial charge in [-0.15, -0.1) is 0 Å². The zero-order valence-corrected chi connectivity index (χ0v) is 9.64. The van der Waals surface area contributed by atoms with E-state index >= 15 is 0 Å². The van der Waals surface area contributed by atoms with Gasteiger partial charge in [0.1, 0.15) is 11.6 Å². The lowest BCUT2D eigenvalue weighted by molar-refractivity contribution is 0.264. The van der Waals surface area contributed by atoms with Crippen LogP contribution >= 0.6 is 0 Å². The predicted molar refractivity (Wildman–Crippen MR) is 64.2 cm³/mol. The molecule has 0 saturated carbocycles. The van der Waals surface area contributed by atoms with Crippen LogP contribution in [0.25, 0.3) is 0 Å². The molecule has 1 aliphatic rings. The van der Waals surface area contributed by atoms with Crippen molar-refractivity contribution in [2.24, 2.45) is 0 Å². The lowest BCUT2D eigenvalue weighted by Gasteiger charge is -2.12. The molecule has 1 unspecified atom stereocenters. The van der Waals surface area contributed by atoms with E-state index < -0.39 is 5.82 Å². The van der Waals surface area contributed by atoms with Gasteiger partial charge in [-0.05, 0) is 6.07 Å². The summed E-state index contributed by atoms with van der Waals surface area (Å²) in [7, 11) is 0. The van der Waals surface area contributed by atoms with Crippen molar-refractivity contribution < 1.29 is 14.2 Å². The molecule has 1 atom stereocenters. The summed E-state index contributed by atoms with van der Waals surface area (Å²) in [6.45, 7) is 0.0128. The maximum Gasteiger partial charge on any atom is 0.151 e. The molecular weight excluding hydrogens is 233 g/mol. The van der Waals surface area contributed by atoms with Crippen LogP contribution in [0.2, 0.25) is 0 Å². The highest BCUT2D eigenvalue weighted by Gasteiger charge is 2.23. The molecule has 0 radical (unpaired) electrons. The average Bonchev–Trinajstić information content (AvgIpc) is 2.54. The first-order valence-electron chi connectivity index (χ1n) is 5.80. The van der Waals surface area contributed by atoms with Crippen molar-refractivity contribution in [3.05, 3.63) is 53.6 Å². The number of pyridine rings is 1. The van der Waals surface area contributed by atoms with Gasteiger partial charge in [0.05, 0.1) is 18.5 Å². The number of halogens is 1. The normalized spacial score (nSPS) is 17.3. The van der Waals surface area contributed by atoms with Gasteiger partial charge in [-0.1, -0.05) is 18.2 Å². The minimum atomic E-state index is -0.423. The SMILES string of the molecule is OCC1Cc2ncc(F)cc2Oc2ccccc21. The molecule has 0 amide bonds. The summed E-state index contributed by atoms with van der Waals surface area (Å²) in [5.41, 5.74) is 1.60. The Morgan fingerprint density at radius 3 is 3.00 bits per heavy atom. The maximum absolute atomic E-state index is 13.2. The van der Waals surface area contributed by atoms with E-state index in [4.69, 9.17) is 4.74 Å². The summed E-state index contributed by atoms with van der Waals surface area (Å²) in [6, 6.07) is 8.81. The molecule has 0 aliphatic carbocycles. The summed E-state index contributed by atoms with van der Waals surface area (Å²) in [5.74, 6) is 0.593. The number of rotatable bonds is 1. The summed E-state index contributed by atoms with van der Waals surface area (Å²) in [6.07, 6.45) is 1.72. The quantitative estimate of drug-likeness (QED) is 0.839. The number of fused-ring (bicyclic) bond motifs is 2. The molecule has 1 aromatic heterocycles. The Hall–Kier alpha value is -1.94. The molecular formula is C14H12FNO2. The average molecular weight is 245 g/mol. The second-order valence-electron chi connectivity index (χ2n) is 4.32. The number of benzene rings is 1. The van der Waals surface area contributed by atoms with Gasteiger partial charge < -0.3 is 9.84 Å². The minimum Gasteiger partial charge on any atom is -0.455 e. The Balaban J connectivity index is 2.13. The monoisotopic (exact) mass is 245 g/mol. The molecule has 0 saturated heterocycles. The Bertz CT molecular complexity index is 586. The van der Waals surface area contributed by atoms with E-state index in [-0.39, 0.29) is 12.5 Å². The lowest BCUT2D eigenvalue weighted by atomic mass is 9.95. The molecule has 3 nitrogen and oxygen atoms in total. The van der Waals surface area contributed by atoms with Crippen LogP contribution in [0.4, 0.5) is 4.39 Å². The molecule has 3 rings (SSSR count). The predicted octanol–water partition coefficient (Wildman–Crippen LogP) is 2.65. The summed E-state index contributed by atoms with van der Waals surface area (Å²) < 4.78 is 18.9. The zero-order chi connectivity index (χ0) is 12.5. The number of para-hydroxylation sites is 1. The van der Waals surface area contributed by atoms with E-state index in [2.05, 4.69) is 4.98 Å². The number of aliphatic hydroxyl groups is 1. The molecule has 18 heavy (non-hydrogen) atoms. The van der Waals surface area contributed by atoms with Crippen LogP contribution in [0.15, 0.2) is 36.5 Å². The van der Waals surface area contributed by atoms with Crippen molar-refractivity contribution in [2.45, 2.75) is 12.3 Å². The Morgan fingerprint density at radius 2 is 2.17 bits per heavy atom. The van der Waals surface area contributed by atoms with Gasteiger partial charge in [0.15, 0.2) is 5.75 Å². The fraction of sp³-hybridized carbons (Fsp3) is 0.214. The standard InChI is InChI=1S/C14H12FNO2/c15-10-6-14-12(16-7-10)5-9(8-17)11-3-1-2-4-13(11)18-14/h1-4,6-7,9,17H,5,8H2. The van der Waals surface area contributed by atoms with Crippen LogP contribution in [-0.2, 0) is 6.42 Å². The van der Waals surface area contributed by atoms with Crippen LogP contribution < -0.4 is 4.74 Å². The van der Waals surface area contributed by atoms with Gasteiger partial charge in [-0.2, -0.15) is 0 Å². The molecule has 2 aromatic rings. The highest BCUT2D eigenvalue weighted by Crippen LogP contribution is 2.38. The van der Waals surface area contributed by atoms with E-state index in [9.17, 15) is 9.50 Å². The van der Waals surface area contributed by atoms with E-state index in [1.807, 2.05) is 24.3 Å². The Kier molecular flexibility index (Phi) is 2.72. The molecule has 1 N–H and O–H groups in total. The van der Waals surface area contributed by atoms with Crippen LogP contribution in [0.5, 0.6) is 11.5 Å². The molecule has 2 heterocycles. The topological polar surface area (TPSA) is 42.4 Å². The summed E-state index contributed by atoms with van der Waals surface area (Å²) >= 11 is 0.